The van der Waals surface area contributed by atoms with Crippen molar-refractivity contribution in [2.75, 3.05) is 0 Å². The number of allylic oxidation sites excluding steroid dienone is 1. The second-order valence-electron chi connectivity index (χ2n) is 7.18. The molecule has 1 N–H and O–H groups in total. The molecule has 6 heteroatoms. The standard InChI is InChI=1S/C22H23N3O2S/c1-15(16-9-11-19(26)12-10-16)20-21(27)25(18-7-3-2-4-8-18)22(28-20)24-17-6-5-13-23-14-17/h5-6,9-14,18,26H,2-4,7-8H2,1H3/b20-15-,24-22?. The number of phenols is 1. The van der Waals surface area contributed by atoms with Gasteiger partial charge in [-0.25, -0.2) is 4.99 Å². The molecule has 1 aromatic heterocycles. The van der Waals surface area contributed by atoms with Crippen molar-refractivity contribution in [3.63, 3.8) is 0 Å². The SMILES string of the molecule is C/C(=C1/SC(=Nc2cccnc2)N(C2CCCCC2)C1=O)c1ccc(O)cc1. The molecule has 0 bridgehead atoms. The number of hydrogen-bond donors (Lipinski definition) is 1. The normalized spacial score (nSPS) is 21.4. The minimum absolute atomic E-state index is 0.0325. The van der Waals surface area contributed by atoms with E-state index >= 15 is 0 Å². The predicted molar refractivity (Wildman–Crippen MR) is 113 cm³/mol. The van der Waals surface area contributed by atoms with Gasteiger partial charge >= 0.3 is 0 Å². The summed E-state index contributed by atoms with van der Waals surface area (Å²) in [5, 5.41) is 10.3. The lowest BCUT2D eigenvalue weighted by Crippen LogP contribution is -2.40. The van der Waals surface area contributed by atoms with Gasteiger partial charge in [0.2, 0.25) is 0 Å². The van der Waals surface area contributed by atoms with Crippen LogP contribution >= 0.6 is 11.8 Å². The van der Waals surface area contributed by atoms with Crippen molar-refractivity contribution >= 4 is 34.1 Å². The molecule has 2 aliphatic rings. The van der Waals surface area contributed by atoms with Crippen LogP contribution in [0.25, 0.3) is 5.57 Å². The maximum Gasteiger partial charge on any atom is 0.267 e. The molecule has 2 heterocycles. The molecule has 1 aliphatic heterocycles. The summed E-state index contributed by atoms with van der Waals surface area (Å²) >= 11 is 1.44. The largest absolute Gasteiger partial charge is 0.508 e. The van der Waals surface area contributed by atoms with E-state index in [1.165, 1.54) is 18.2 Å². The number of pyridine rings is 1. The van der Waals surface area contributed by atoms with E-state index in [2.05, 4.69) is 4.98 Å². The number of hydrogen-bond acceptors (Lipinski definition) is 5. The highest BCUT2D eigenvalue weighted by atomic mass is 32.2. The van der Waals surface area contributed by atoms with Gasteiger partial charge in [0.15, 0.2) is 5.17 Å². The molecule has 1 saturated heterocycles. The Hall–Kier alpha value is -2.60. The fraction of sp³-hybridized carbons (Fsp3) is 0.318. The Balaban J connectivity index is 1.74. The summed E-state index contributed by atoms with van der Waals surface area (Å²) in [5.41, 5.74) is 2.59. The summed E-state index contributed by atoms with van der Waals surface area (Å²) in [5.74, 6) is 0.250. The van der Waals surface area contributed by atoms with E-state index in [0.29, 0.717) is 4.91 Å². The van der Waals surface area contributed by atoms with Gasteiger partial charge in [0.05, 0.1) is 16.8 Å². The molecular formula is C22H23N3O2S. The van der Waals surface area contributed by atoms with Crippen molar-refractivity contribution < 1.29 is 9.90 Å². The van der Waals surface area contributed by atoms with Crippen molar-refractivity contribution in [3.8, 4) is 5.75 Å². The van der Waals surface area contributed by atoms with Crippen LogP contribution in [0.1, 0.15) is 44.6 Å². The highest BCUT2D eigenvalue weighted by Crippen LogP contribution is 2.41. The Morgan fingerprint density at radius 2 is 1.93 bits per heavy atom. The molecule has 1 saturated carbocycles. The summed E-state index contributed by atoms with van der Waals surface area (Å²) in [6.07, 6.45) is 9.00. The summed E-state index contributed by atoms with van der Waals surface area (Å²) < 4.78 is 0. The molecule has 5 nitrogen and oxygen atoms in total. The van der Waals surface area contributed by atoms with Gasteiger partial charge in [-0.05, 0) is 66.9 Å². The fourth-order valence-electron chi connectivity index (χ4n) is 3.73. The fourth-order valence-corrected chi connectivity index (χ4v) is 4.85. The minimum Gasteiger partial charge on any atom is -0.508 e. The number of phenolic OH excluding ortho intramolecular Hbond substituents is 1. The molecule has 4 rings (SSSR count). The number of amides is 1. The number of aliphatic imine (C=N–C) groups is 1. The quantitative estimate of drug-likeness (QED) is 0.736. The number of thioether (sulfide) groups is 1. The van der Waals surface area contributed by atoms with Crippen LogP contribution in [0.2, 0.25) is 0 Å². The van der Waals surface area contributed by atoms with Crippen LogP contribution < -0.4 is 0 Å². The van der Waals surface area contributed by atoms with Gasteiger partial charge in [0, 0.05) is 12.2 Å². The molecule has 28 heavy (non-hydrogen) atoms. The van der Waals surface area contributed by atoms with E-state index in [-0.39, 0.29) is 17.7 Å². The van der Waals surface area contributed by atoms with Crippen LogP contribution in [-0.2, 0) is 4.79 Å². The Labute approximate surface area is 169 Å². The van der Waals surface area contributed by atoms with Gasteiger partial charge in [-0.3, -0.25) is 14.7 Å². The van der Waals surface area contributed by atoms with Crippen LogP contribution in [0.15, 0.2) is 58.7 Å². The van der Waals surface area contributed by atoms with Crippen LogP contribution in [0.3, 0.4) is 0 Å². The second-order valence-corrected chi connectivity index (χ2v) is 8.15. The Bertz CT molecular complexity index is 917. The molecular weight excluding hydrogens is 370 g/mol. The van der Waals surface area contributed by atoms with Crippen molar-refractivity contribution in [1.82, 2.24) is 9.88 Å². The van der Waals surface area contributed by atoms with Gasteiger partial charge in [-0.1, -0.05) is 31.4 Å². The average molecular weight is 394 g/mol. The number of aromatic hydroxyl groups is 1. The lowest BCUT2D eigenvalue weighted by molar-refractivity contribution is -0.124. The van der Waals surface area contributed by atoms with E-state index in [9.17, 15) is 9.90 Å². The van der Waals surface area contributed by atoms with E-state index in [1.54, 1.807) is 24.5 Å². The first kappa shape index (κ1) is 18.7. The van der Waals surface area contributed by atoms with Crippen LogP contribution in [-0.4, -0.2) is 32.1 Å². The van der Waals surface area contributed by atoms with Gasteiger partial charge < -0.3 is 5.11 Å². The number of nitrogens with zero attached hydrogens (tertiary/aromatic N) is 3. The Morgan fingerprint density at radius 3 is 2.61 bits per heavy atom. The second kappa shape index (κ2) is 8.19. The van der Waals surface area contributed by atoms with Crippen molar-refractivity contribution in [2.45, 2.75) is 45.1 Å². The first-order chi connectivity index (χ1) is 13.6. The van der Waals surface area contributed by atoms with Crippen LogP contribution in [0.5, 0.6) is 5.75 Å². The van der Waals surface area contributed by atoms with Gasteiger partial charge in [-0.15, -0.1) is 0 Å². The number of amidine groups is 1. The zero-order valence-electron chi connectivity index (χ0n) is 15.8. The Kier molecular flexibility index (Phi) is 5.48. The minimum atomic E-state index is 0.0325. The lowest BCUT2D eigenvalue weighted by atomic mass is 9.94. The number of carbonyl (C=O) groups is 1. The molecule has 2 aromatic rings. The summed E-state index contributed by atoms with van der Waals surface area (Å²) in [4.78, 5) is 24.9. The summed E-state index contributed by atoms with van der Waals surface area (Å²) in [7, 11) is 0. The number of carbonyl (C=O) groups excluding carboxylic acids is 1. The molecule has 0 radical (unpaired) electrons. The van der Waals surface area contributed by atoms with Crippen molar-refractivity contribution in [1.29, 1.82) is 0 Å². The smallest absolute Gasteiger partial charge is 0.267 e. The highest BCUT2D eigenvalue weighted by Gasteiger charge is 2.39. The Morgan fingerprint density at radius 1 is 1.18 bits per heavy atom. The first-order valence-electron chi connectivity index (χ1n) is 9.64. The molecule has 0 unspecified atom stereocenters. The molecule has 0 spiro atoms. The van der Waals surface area contributed by atoms with E-state index in [1.807, 2.05) is 36.1 Å². The molecule has 1 aromatic carbocycles. The molecule has 0 atom stereocenters. The van der Waals surface area contributed by atoms with Gasteiger partial charge in [0.1, 0.15) is 5.75 Å². The van der Waals surface area contributed by atoms with Crippen molar-refractivity contribution in [3.05, 3.63) is 59.3 Å². The van der Waals surface area contributed by atoms with E-state index < -0.39 is 0 Å². The molecule has 2 fully saturated rings. The maximum absolute atomic E-state index is 13.4. The van der Waals surface area contributed by atoms with Crippen LogP contribution in [0.4, 0.5) is 5.69 Å². The summed E-state index contributed by atoms with van der Waals surface area (Å²) in [6.45, 7) is 1.96. The molecule has 1 aliphatic carbocycles. The zero-order chi connectivity index (χ0) is 19.5. The molecule has 144 valence electrons. The number of rotatable bonds is 3. The van der Waals surface area contributed by atoms with E-state index in [4.69, 9.17) is 4.99 Å². The van der Waals surface area contributed by atoms with Gasteiger partial charge in [0.25, 0.3) is 5.91 Å². The summed E-state index contributed by atoms with van der Waals surface area (Å²) in [6, 6.07) is 10.9. The number of benzene rings is 1. The van der Waals surface area contributed by atoms with Crippen LogP contribution in [0, 0.1) is 0 Å². The number of aromatic nitrogens is 1. The first-order valence-corrected chi connectivity index (χ1v) is 10.5. The lowest BCUT2D eigenvalue weighted by Gasteiger charge is -2.30. The van der Waals surface area contributed by atoms with Crippen molar-refractivity contribution in [2.24, 2.45) is 4.99 Å². The maximum atomic E-state index is 13.4. The third-order valence-corrected chi connectivity index (χ3v) is 6.42. The third kappa shape index (κ3) is 3.83. The average Bonchev–Trinajstić information content (AvgIpc) is 3.05. The zero-order valence-corrected chi connectivity index (χ0v) is 16.7. The third-order valence-electron chi connectivity index (χ3n) is 5.26. The highest BCUT2D eigenvalue weighted by molar-refractivity contribution is 8.18. The van der Waals surface area contributed by atoms with Gasteiger partial charge in [-0.2, -0.15) is 0 Å². The topological polar surface area (TPSA) is 65.8 Å². The molecule has 1 amide bonds. The van der Waals surface area contributed by atoms with E-state index in [0.717, 1.165) is 47.7 Å². The predicted octanol–water partition coefficient (Wildman–Crippen LogP) is 5.11. The monoisotopic (exact) mass is 393 g/mol.